The maximum absolute atomic E-state index is 8.91. The Kier molecular flexibility index (Phi) is 3.64. The molecule has 0 atom stereocenters. The summed E-state index contributed by atoms with van der Waals surface area (Å²) in [5, 5.41) is 13.1. The van der Waals surface area contributed by atoms with Crippen LogP contribution in [0.3, 0.4) is 0 Å². The highest BCUT2D eigenvalue weighted by Gasteiger charge is 2.18. The van der Waals surface area contributed by atoms with Crippen LogP contribution in [-0.2, 0) is 0 Å². The van der Waals surface area contributed by atoms with Gasteiger partial charge in [-0.25, -0.2) is 4.98 Å². The van der Waals surface area contributed by atoms with Crippen molar-refractivity contribution in [3.63, 3.8) is 0 Å². The Bertz CT molecular complexity index is 1050. The second-order valence-electron chi connectivity index (χ2n) is 5.65. The van der Waals surface area contributed by atoms with Crippen LogP contribution in [0, 0.1) is 18.3 Å². The second-order valence-corrected chi connectivity index (χ2v) is 5.65. The summed E-state index contributed by atoms with van der Waals surface area (Å²) in [6.45, 7) is 1.88. The number of nitrogens with zero attached hydrogens (tertiary/aromatic N) is 4. The summed E-state index contributed by atoms with van der Waals surface area (Å²) in [6.07, 6.45) is 3.69. The van der Waals surface area contributed by atoms with E-state index in [1.807, 2.05) is 60.2 Å². The summed E-state index contributed by atoms with van der Waals surface area (Å²) in [6, 6.07) is 19.4. The van der Waals surface area contributed by atoms with E-state index in [-0.39, 0.29) is 0 Å². The van der Waals surface area contributed by atoms with Gasteiger partial charge in [0.25, 0.3) is 0 Å². The zero-order valence-corrected chi connectivity index (χ0v) is 13.5. The first-order chi connectivity index (χ1) is 12.3. The summed E-state index contributed by atoms with van der Waals surface area (Å²) in [5.74, 6) is 0.726. The smallest absolute Gasteiger partial charge is 0.143 e. The number of rotatable bonds is 3. The summed E-state index contributed by atoms with van der Waals surface area (Å²) < 4.78 is 7.33. The third-order valence-electron chi connectivity index (χ3n) is 4.04. The van der Waals surface area contributed by atoms with E-state index >= 15 is 0 Å². The molecule has 0 aliphatic heterocycles. The molecule has 0 saturated heterocycles. The summed E-state index contributed by atoms with van der Waals surface area (Å²) in [5.41, 5.74) is 5.02. The van der Waals surface area contributed by atoms with Crippen LogP contribution in [0.5, 0.6) is 0 Å². The maximum Gasteiger partial charge on any atom is 0.143 e. The molecule has 0 N–H and O–H groups in total. The molecular weight excluding hydrogens is 312 g/mol. The molecule has 0 fully saturated rings. The molecule has 2 aromatic heterocycles. The predicted molar refractivity (Wildman–Crippen MR) is 93.9 cm³/mol. The molecule has 0 unspecified atom stereocenters. The Hall–Kier alpha value is -3.65. The van der Waals surface area contributed by atoms with Crippen molar-refractivity contribution in [3.8, 4) is 34.3 Å². The van der Waals surface area contributed by atoms with Crippen molar-refractivity contribution in [2.24, 2.45) is 0 Å². The van der Waals surface area contributed by atoms with Gasteiger partial charge in [0.15, 0.2) is 0 Å². The maximum atomic E-state index is 8.91. The second kappa shape index (κ2) is 6.10. The summed E-state index contributed by atoms with van der Waals surface area (Å²) in [4.78, 5) is 4.52. The van der Waals surface area contributed by atoms with Crippen LogP contribution in [0.2, 0.25) is 0 Å². The lowest BCUT2D eigenvalue weighted by atomic mass is 10.0. The number of nitriles is 1. The number of hydrogen-bond donors (Lipinski definition) is 0. The topological polar surface area (TPSA) is 67.6 Å². The van der Waals surface area contributed by atoms with Crippen molar-refractivity contribution in [1.29, 1.82) is 5.26 Å². The van der Waals surface area contributed by atoms with Crippen LogP contribution in [-0.4, -0.2) is 14.7 Å². The molecule has 4 aromatic rings. The first-order valence-electron chi connectivity index (χ1n) is 7.83. The van der Waals surface area contributed by atoms with Gasteiger partial charge >= 0.3 is 0 Å². The number of aryl methyl sites for hydroxylation is 1. The highest BCUT2D eigenvalue weighted by atomic mass is 16.5. The number of benzene rings is 2. The van der Waals surface area contributed by atoms with Gasteiger partial charge in [-0.3, -0.25) is 0 Å². The van der Waals surface area contributed by atoms with Crippen molar-refractivity contribution < 1.29 is 4.52 Å². The van der Waals surface area contributed by atoms with Crippen LogP contribution in [0.15, 0.2) is 71.6 Å². The zero-order chi connectivity index (χ0) is 17.2. The lowest BCUT2D eigenvalue weighted by molar-refractivity contribution is 0.400. The molecule has 0 saturated carbocycles. The van der Waals surface area contributed by atoms with E-state index in [1.54, 1.807) is 18.5 Å². The number of aromatic nitrogens is 3. The molecule has 0 bridgehead atoms. The Balaban J connectivity index is 1.76. The van der Waals surface area contributed by atoms with E-state index in [4.69, 9.17) is 9.78 Å². The molecular formula is C20H14N4O. The molecule has 5 heteroatoms. The van der Waals surface area contributed by atoms with Crippen molar-refractivity contribution in [2.45, 2.75) is 6.92 Å². The Morgan fingerprint density at radius 3 is 2.52 bits per heavy atom. The largest absolute Gasteiger partial charge is 0.360 e. The fourth-order valence-corrected chi connectivity index (χ4v) is 2.77. The van der Waals surface area contributed by atoms with Gasteiger partial charge in [-0.2, -0.15) is 5.26 Å². The third-order valence-corrected chi connectivity index (χ3v) is 4.04. The lowest BCUT2D eigenvalue weighted by Gasteiger charge is -2.01. The third kappa shape index (κ3) is 2.70. The van der Waals surface area contributed by atoms with E-state index in [0.717, 1.165) is 34.0 Å². The van der Waals surface area contributed by atoms with Crippen molar-refractivity contribution in [2.75, 3.05) is 0 Å². The van der Waals surface area contributed by atoms with E-state index < -0.39 is 0 Å². The fourth-order valence-electron chi connectivity index (χ4n) is 2.77. The van der Waals surface area contributed by atoms with Crippen LogP contribution in [0.25, 0.3) is 28.2 Å². The minimum atomic E-state index is 0.630. The van der Waals surface area contributed by atoms with Crippen molar-refractivity contribution in [1.82, 2.24) is 14.7 Å². The molecule has 5 nitrogen and oxygen atoms in total. The van der Waals surface area contributed by atoms with Crippen molar-refractivity contribution >= 4 is 0 Å². The van der Waals surface area contributed by atoms with E-state index in [9.17, 15) is 0 Å². The minimum Gasteiger partial charge on any atom is -0.360 e. The molecule has 120 valence electrons. The predicted octanol–water partition coefficient (Wildman–Crippen LogP) is 4.37. The Labute approximate surface area is 144 Å². The van der Waals surface area contributed by atoms with Crippen LogP contribution in [0.1, 0.15) is 11.3 Å². The molecule has 0 amide bonds. The molecule has 0 spiro atoms. The van der Waals surface area contributed by atoms with E-state index in [0.29, 0.717) is 5.56 Å². The molecule has 0 radical (unpaired) electrons. The summed E-state index contributed by atoms with van der Waals surface area (Å²) in [7, 11) is 0. The molecule has 2 heterocycles. The average Bonchev–Trinajstić information content (AvgIpc) is 3.29. The molecule has 2 aromatic carbocycles. The zero-order valence-electron chi connectivity index (χ0n) is 13.5. The highest BCUT2D eigenvalue weighted by molar-refractivity contribution is 5.79. The standard InChI is InChI=1S/C20H14N4O/c1-14-19(20(23-25-14)16-5-3-2-4-6-16)18-12-24(13-22-18)17-9-7-15(11-21)8-10-17/h2-10,12-13H,1H3. The van der Waals surface area contributed by atoms with Gasteiger partial charge in [-0.15, -0.1) is 0 Å². The summed E-state index contributed by atoms with van der Waals surface area (Å²) >= 11 is 0. The van der Waals surface area contributed by atoms with Crippen molar-refractivity contribution in [3.05, 3.63) is 78.4 Å². The molecule has 0 aliphatic carbocycles. The van der Waals surface area contributed by atoms with Gasteiger partial charge < -0.3 is 9.09 Å². The van der Waals surface area contributed by atoms with Crippen LogP contribution >= 0.6 is 0 Å². The van der Waals surface area contributed by atoms with Gasteiger partial charge in [0.05, 0.1) is 29.2 Å². The average molecular weight is 326 g/mol. The highest BCUT2D eigenvalue weighted by Crippen LogP contribution is 2.33. The molecule has 0 aliphatic rings. The fraction of sp³-hybridized carbons (Fsp3) is 0.0500. The number of hydrogen-bond acceptors (Lipinski definition) is 4. The van der Waals surface area contributed by atoms with Crippen LogP contribution < -0.4 is 0 Å². The monoisotopic (exact) mass is 326 g/mol. The van der Waals surface area contributed by atoms with Gasteiger partial charge in [-0.1, -0.05) is 35.5 Å². The Morgan fingerprint density at radius 2 is 1.80 bits per heavy atom. The van der Waals surface area contributed by atoms with E-state index in [1.165, 1.54) is 0 Å². The minimum absolute atomic E-state index is 0.630. The van der Waals surface area contributed by atoms with Gasteiger partial charge in [0, 0.05) is 17.4 Å². The molecule has 25 heavy (non-hydrogen) atoms. The quantitative estimate of drug-likeness (QED) is 0.560. The molecule has 4 rings (SSSR count). The van der Waals surface area contributed by atoms with Gasteiger partial charge in [0.2, 0.25) is 0 Å². The lowest BCUT2D eigenvalue weighted by Crippen LogP contribution is -1.89. The van der Waals surface area contributed by atoms with Gasteiger partial charge in [0.1, 0.15) is 11.5 Å². The first-order valence-corrected chi connectivity index (χ1v) is 7.83. The number of imidazole rings is 1. The first kappa shape index (κ1) is 14.9. The van der Waals surface area contributed by atoms with E-state index in [2.05, 4.69) is 16.2 Å². The van der Waals surface area contributed by atoms with Gasteiger partial charge in [-0.05, 0) is 31.2 Å². The normalized spacial score (nSPS) is 10.6. The van der Waals surface area contributed by atoms with Crippen LogP contribution in [0.4, 0.5) is 0 Å². The Morgan fingerprint density at radius 1 is 1.04 bits per heavy atom. The SMILES string of the molecule is Cc1onc(-c2ccccc2)c1-c1cn(-c2ccc(C#N)cc2)cn1.